The minimum Gasteiger partial charge on any atom is -0.446 e. The van der Waals surface area contributed by atoms with Crippen molar-refractivity contribution in [3.63, 3.8) is 0 Å². The maximum atomic E-state index is 12.2. The fourth-order valence-corrected chi connectivity index (χ4v) is 5.42. The minimum absolute atomic E-state index is 0.00278. The molecule has 1 amide bonds. The first-order chi connectivity index (χ1) is 15.7. The highest BCUT2D eigenvalue weighted by atomic mass is 16.6. The third-order valence-electron chi connectivity index (χ3n) is 7.84. The average Bonchev–Trinajstić information content (AvgIpc) is 2.73. The SMILES string of the molecule is CCCCCCCCCCCCCCCCCCNC(=O)OC1CC(C)(C)N(C)C(C)(C)C1. The lowest BCUT2D eigenvalue weighted by atomic mass is 9.79. The maximum absolute atomic E-state index is 12.2. The molecule has 0 aromatic carbocycles. The molecule has 0 aromatic rings. The second-order valence-electron chi connectivity index (χ2n) is 11.8. The Morgan fingerprint density at radius 2 is 1.09 bits per heavy atom. The fraction of sp³-hybridized carbons (Fsp3) is 0.966. The Kier molecular flexibility index (Phi) is 15.4. The van der Waals surface area contributed by atoms with Crippen LogP contribution in [0.1, 0.15) is 150 Å². The van der Waals surface area contributed by atoms with Crippen LogP contribution in [0.3, 0.4) is 0 Å². The van der Waals surface area contributed by atoms with Gasteiger partial charge in [-0.1, -0.05) is 103 Å². The summed E-state index contributed by atoms with van der Waals surface area (Å²) in [6.07, 6.45) is 23.4. The van der Waals surface area contributed by atoms with Crippen LogP contribution in [0.15, 0.2) is 0 Å². The summed E-state index contributed by atoms with van der Waals surface area (Å²) in [7, 11) is 2.17. The first-order valence-corrected chi connectivity index (χ1v) is 14.4. The van der Waals surface area contributed by atoms with Gasteiger partial charge >= 0.3 is 6.09 Å². The predicted molar refractivity (Wildman–Crippen MR) is 143 cm³/mol. The number of nitrogens with zero attached hydrogens (tertiary/aromatic N) is 1. The number of nitrogens with one attached hydrogen (secondary N) is 1. The minimum atomic E-state index is -0.239. The summed E-state index contributed by atoms with van der Waals surface area (Å²) >= 11 is 0. The smallest absolute Gasteiger partial charge is 0.407 e. The molecule has 4 heteroatoms. The molecule has 1 rings (SSSR count). The molecule has 1 heterocycles. The van der Waals surface area contributed by atoms with E-state index in [2.05, 4.69) is 51.9 Å². The van der Waals surface area contributed by atoms with E-state index in [0.717, 1.165) is 25.8 Å². The molecule has 0 aliphatic carbocycles. The van der Waals surface area contributed by atoms with Crippen molar-refractivity contribution in [3.05, 3.63) is 0 Å². The van der Waals surface area contributed by atoms with Crippen molar-refractivity contribution in [2.24, 2.45) is 0 Å². The molecule has 0 radical (unpaired) electrons. The molecule has 33 heavy (non-hydrogen) atoms. The van der Waals surface area contributed by atoms with Crippen LogP contribution in [-0.2, 0) is 4.74 Å². The zero-order valence-electron chi connectivity index (χ0n) is 23.3. The molecule has 1 N–H and O–H groups in total. The van der Waals surface area contributed by atoms with Gasteiger partial charge in [0.2, 0.25) is 0 Å². The zero-order chi connectivity index (χ0) is 24.6. The summed E-state index contributed by atoms with van der Waals surface area (Å²) in [6, 6.07) is 0. The lowest BCUT2D eigenvalue weighted by Gasteiger charge is -2.53. The number of hydrogen-bond donors (Lipinski definition) is 1. The molecule has 0 spiro atoms. The summed E-state index contributed by atoms with van der Waals surface area (Å²) in [5.74, 6) is 0. The Bertz CT molecular complexity index is 486. The molecule has 196 valence electrons. The van der Waals surface area contributed by atoms with E-state index in [4.69, 9.17) is 4.74 Å². The highest BCUT2D eigenvalue weighted by Crippen LogP contribution is 2.38. The van der Waals surface area contributed by atoms with Crippen LogP contribution in [-0.4, -0.2) is 41.8 Å². The van der Waals surface area contributed by atoms with E-state index in [1.807, 2.05) is 0 Å². The molecule has 1 saturated heterocycles. The number of ether oxygens (including phenoxy) is 1. The van der Waals surface area contributed by atoms with Crippen LogP contribution < -0.4 is 5.32 Å². The topological polar surface area (TPSA) is 41.6 Å². The third kappa shape index (κ3) is 13.6. The summed E-state index contributed by atoms with van der Waals surface area (Å²) in [4.78, 5) is 14.6. The lowest BCUT2D eigenvalue weighted by Crippen LogP contribution is -2.60. The first-order valence-electron chi connectivity index (χ1n) is 14.4. The fourth-order valence-electron chi connectivity index (χ4n) is 5.42. The zero-order valence-corrected chi connectivity index (χ0v) is 23.3. The van der Waals surface area contributed by atoms with Gasteiger partial charge in [-0.2, -0.15) is 0 Å². The number of hydrogen-bond acceptors (Lipinski definition) is 3. The number of piperidine rings is 1. The van der Waals surface area contributed by atoms with Crippen LogP contribution >= 0.6 is 0 Å². The second-order valence-corrected chi connectivity index (χ2v) is 11.8. The summed E-state index contributed by atoms with van der Waals surface area (Å²) < 4.78 is 5.76. The summed E-state index contributed by atoms with van der Waals surface area (Å²) in [5.41, 5.74) is 0.0845. The van der Waals surface area contributed by atoms with Crippen LogP contribution in [0.2, 0.25) is 0 Å². The predicted octanol–water partition coefficient (Wildman–Crippen LogP) is 8.63. The molecule has 0 atom stereocenters. The number of alkyl carbamates (subject to hydrolysis) is 1. The molecule has 1 fully saturated rings. The van der Waals surface area contributed by atoms with E-state index < -0.39 is 0 Å². The Balaban J connectivity index is 1.90. The summed E-state index contributed by atoms with van der Waals surface area (Å²) in [5, 5.41) is 2.97. The van der Waals surface area contributed by atoms with Crippen molar-refractivity contribution in [1.82, 2.24) is 10.2 Å². The highest BCUT2D eigenvalue weighted by molar-refractivity contribution is 5.67. The largest absolute Gasteiger partial charge is 0.446 e. The van der Waals surface area contributed by atoms with Gasteiger partial charge in [0.05, 0.1) is 0 Å². The van der Waals surface area contributed by atoms with Gasteiger partial charge < -0.3 is 10.1 Å². The molecule has 0 unspecified atom stereocenters. The van der Waals surface area contributed by atoms with Crippen LogP contribution in [0.4, 0.5) is 4.79 Å². The maximum Gasteiger partial charge on any atom is 0.407 e. The van der Waals surface area contributed by atoms with Gasteiger partial charge in [0.25, 0.3) is 0 Å². The normalized spacial score (nSPS) is 18.4. The van der Waals surface area contributed by atoms with Crippen molar-refractivity contribution < 1.29 is 9.53 Å². The number of carbonyl (C=O) groups excluding carboxylic acids is 1. The van der Waals surface area contributed by atoms with E-state index >= 15 is 0 Å². The Hall–Kier alpha value is -0.770. The quantitative estimate of drug-likeness (QED) is 0.205. The third-order valence-corrected chi connectivity index (χ3v) is 7.84. The van der Waals surface area contributed by atoms with Crippen molar-refractivity contribution in [2.75, 3.05) is 13.6 Å². The summed E-state index contributed by atoms with van der Waals surface area (Å²) in [6.45, 7) is 12.0. The van der Waals surface area contributed by atoms with Crippen LogP contribution in [0, 0.1) is 0 Å². The number of amides is 1. The first kappa shape index (κ1) is 30.3. The van der Waals surface area contributed by atoms with Crippen molar-refractivity contribution >= 4 is 6.09 Å². The molecule has 0 saturated carbocycles. The van der Waals surface area contributed by atoms with E-state index in [1.165, 1.54) is 96.3 Å². The van der Waals surface area contributed by atoms with Crippen molar-refractivity contribution in [2.45, 2.75) is 167 Å². The van der Waals surface area contributed by atoms with E-state index in [0.29, 0.717) is 0 Å². The highest BCUT2D eigenvalue weighted by Gasteiger charge is 2.44. The van der Waals surface area contributed by atoms with Gasteiger partial charge in [0, 0.05) is 30.5 Å². The van der Waals surface area contributed by atoms with E-state index in [9.17, 15) is 4.79 Å². The van der Waals surface area contributed by atoms with E-state index in [1.54, 1.807) is 0 Å². The van der Waals surface area contributed by atoms with Crippen LogP contribution in [0.25, 0.3) is 0 Å². The monoisotopic (exact) mass is 466 g/mol. The van der Waals surface area contributed by atoms with Crippen molar-refractivity contribution in [1.29, 1.82) is 0 Å². The molecule has 0 aromatic heterocycles. The molecule has 4 nitrogen and oxygen atoms in total. The number of carbonyl (C=O) groups is 1. The molecule has 1 aliphatic rings. The molecule has 0 bridgehead atoms. The Morgan fingerprint density at radius 3 is 1.48 bits per heavy atom. The standard InChI is InChI=1S/C29H58N2O2/c1-7-8-9-10-11-12-13-14-15-16-17-18-19-20-21-22-23-30-27(32)33-26-24-28(2,3)31(6)29(4,5)25-26/h26H,7-25H2,1-6H3,(H,30,32). The molecule has 1 aliphatic heterocycles. The number of rotatable bonds is 18. The van der Waals surface area contributed by atoms with Gasteiger partial charge in [-0.05, 0) is 41.2 Å². The molecular weight excluding hydrogens is 408 g/mol. The average molecular weight is 467 g/mol. The number of unbranched alkanes of at least 4 members (excludes halogenated alkanes) is 15. The van der Waals surface area contributed by atoms with Gasteiger partial charge in [-0.25, -0.2) is 4.79 Å². The lowest BCUT2D eigenvalue weighted by molar-refractivity contribution is -0.0680. The van der Waals surface area contributed by atoms with Crippen molar-refractivity contribution in [3.8, 4) is 0 Å². The number of likely N-dealkylation sites (tertiary alicyclic amines) is 1. The van der Waals surface area contributed by atoms with Gasteiger partial charge in [-0.15, -0.1) is 0 Å². The van der Waals surface area contributed by atoms with Gasteiger partial charge in [0.15, 0.2) is 0 Å². The Morgan fingerprint density at radius 1 is 0.727 bits per heavy atom. The van der Waals surface area contributed by atoms with Crippen LogP contribution in [0.5, 0.6) is 0 Å². The Labute approximate surface area is 207 Å². The van der Waals surface area contributed by atoms with Gasteiger partial charge in [-0.3, -0.25) is 4.90 Å². The van der Waals surface area contributed by atoms with Gasteiger partial charge in [0.1, 0.15) is 6.10 Å². The van der Waals surface area contributed by atoms with E-state index in [-0.39, 0.29) is 23.3 Å². The second kappa shape index (κ2) is 16.8. The molecular formula is C29H58N2O2.